The molecule has 1 aliphatic heterocycles. The third-order valence-electron chi connectivity index (χ3n) is 6.64. The summed E-state index contributed by atoms with van der Waals surface area (Å²) in [6, 6.07) is 12.7. The number of aliphatic imine (C=N–C) groups is 1. The molecule has 0 radical (unpaired) electrons. The number of rotatable bonds is 4. The summed E-state index contributed by atoms with van der Waals surface area (Å²) in [7, 11) is 0. The molecular formula is C27H31Cl2N3OS. The van der Waals surface area contributed by atoms with Crippen LogP contribution in [0, 0.1) is 5.41 Å². The molecular weight excluding hydrogens is 485 g/mol. The van der Waals surface area contributed by atoms with Crippen molar-refractivity contribution in [3.63, 3.8) is 0 Å². The maximum atomic E-state index is 10.1. The highest BCUT2D eigenvalue weighted by Crippen LogP contribution is 2.42. The van der Waals surface area contributed by atoms with E-state index in [9.17, 15) is 5.11 Å². The first-order valence-electron chi connectivity index (χ1n) is 11.7. The van der Waals surface area contributed by atoms with E-state index >= 15 is 0 Å². The van der Waals surface area contributed by atoms with Crippen molar-refractivity contribution >= 4 is 58.1 Å². The molecule has 1 heterocycles. The lowest BCUT2D eigenvalue weighted by atomic mass is 9.79. The van der Waals surface area contributed by atoms with Crippen molar-refractivity contribution in [2.75, 3.05) is 4.90 Å². The van der Waals surface area contributed by atoms with Crippen LogP contribution in [0.3, 0.4) is 0 Å². The number of halogens is 2. The van der Waals surface area contributed by atoms with E-state index in [1.165, 1.54) is 6.42 Å². The Morgan fingerprint density at radius 2 is 1.85 bits per heavy atom. The maximum Gasteiger partial charge on any atom is 0.179 e. The van der Waals surface area contributed by atoms with E-state index in [-0.39, 0.29) is 22.7 Å². The topological polar surface area (TPSA) is 47.9 Å². The zero-order valence-electron chi connectivity index (χ0n) is 19.8. The highest BCUT2D eigenvalue weighted by atomic mass is 35.5. The molecule has 2 aliphatic rings. The Labute approximate surface area is 217 Å². The summed E-state index contributed by atoms with van der Waals surface area (Å²) in [5.41, 5.74) is 1.34. The van der Waals surface area contributed by atoms with Crippen LogP contribution in [0.25, 0.3) is 6.08 Å². The molecule has 0 bridgehead atoms. The number of aromatic hydroxyl groups is 1. The second kappa shape index (κ2) is 9.88. The van der Waals surface area contributed by atoms with Gasteiger partial charge in [-0.2, -0.15) is 0 Å². The zero-order chi connectivity index (χ0) is 24.5. The first-order valence-corrected chi connectivity index (χ1v) is 12.9. The van der Waals surface area contributed by atoms with E-state index in [0.717, 1.165) is 42.8 Å². The Kier molecular flexibility index (Phi) is 7.28. The third-order valence-corrected chi connectivity index (χ3v) is 7.49. The van der Waals surface area contributed by atoms with Gasteiger partial charge in [-0.25, -0.2) is 0 Å². The van der Waals surface area contributed by atoms with E-state index in [0.29, 0.717) is 15.2 Å². The Morgan fingerprint density at radius 3 is 2.50 bits per heavy atom. The van der Waals surface area contributed by atoms with Crippen molar-refractivity contribution < 1.29 is 5.11 Å². The highest BCUT2D eigenvalue weighted by molar-refractivity contribution is 7.80. The third kappa shape index (κ3) is 5.12. The number of thiocarbonyl (C=S) groups is 1. The van der Waals surface area contributed by atoms with Crippen molar-refractivity contribution in [3.8, 4) is 5.75 Å². The molecule has 1 unspecified atom stereocenters. The van der Waals surface area contributed by atoms with E-state index in [4.69, 9.17) is 40.4 Å². The molecule has 2 aromatic carbocycles. The van der Waals surface area contributed by atoms with E-state index in [1.807, 2.05) is 30.3 Å². The van der Waals surface area contributed by atoms with E-state index in [1.54, 1.807) is 18.2 Å². The Hall–Kier alpha value is -2.08. The molecule has 2 N–H and O–H groups in total. The fraction of sp³-hybridized carbons (Fsp3) is 0.407. The van der Waals surface area contributed by atoms with Gasteiger partial charge in [0.25, 0.3) is 0 Å². The number of hydrogen-bond donors (Lipinski definition) is 2. The first kappa shape index (κ1) is 25.0. The lowest BCUT2D eigenvalue weighted by molar-refractivity contribution is 0.357. The minimum Gasteiger partial charge on any atom is -0.508 e. The summed E-state index contributed by atoms with van der Waals surface area (Å²) in [5.74, 6) is 1.14. The molecule has 34 heavy (non-hydrogen) atoms. The lowest BCUT2D eigenvalue weighted by Gasteiger charge is -2.41. The second-order valence-electron chi connectivity index (χ2n) is 10.2. The average Bonchev–Trinajstić information content (AvgIpc) is 3.02. The molecule has 2 aromatic rings. The SMILES string of the molecule is CC(C)(C)C(/C=C\c1ccc(Cl)cc1Cl)N=C1NC(=S)N(c2cccc(O)c2)C12CCCCC2. The van der Waals surface area contributed by atoms with Crippen molar-refractivity contribution in [1.29, 1.82) is 0 Å². The van der Waals surface area contributed by atoms with Gasteiger partial charge in [-0.05, 0) is 60.3 Å². The van der Waals surface area contributed by atoms with Gasteiger partial charge in [-0.3, -0.25) is 4.99 Å². The number of anilines is 1. The lowest BCUT2D eigenvalue weighted by Crippen LogP contribution is -2.51. The molecule has 4 rings (SSSR count). The largest absolute Gasteiger partial charge is 0.508 e. The van der Waals surface area contributed by atoms with Crippen LogP contribution < -0.4 is 10.2 Å². The van der Waals surface area contributed by atoms with Gasteiger partial charge in [0.1, 0.15) is 17.1 Å². The quantitative estimate of drug-likeness (QED) is 0.411. The van der Waals surface area contributed by atoms with Gasteiger partial charge in [-0.15, -0.1) is 0 Å². The second-order valence-corrected chi connectivity index (χ2v) is 11.4. The number of phenolic OH excluding ortho intramolecular Hbond substituents is 1. The summed E-state index contributed by atoms with van der Waals surface area (Å²) in [6.45, 7) is 6.55. The minimum atomic E-state index is -0.335. The van der Waals surface area contributed by atoms with Crippen LogP contribution in [-0.2, 0) is 0 Å². The van der Waals surface area contributed by atoms with Gasteiger partial charge < -0.3 is 15.3 Å². The maximum absolute atomic E-state index is 10.1. The fourth-order valence-electron chi connectivity index (χ4n) is 4.82. The van der Waals surface area contributed by atoms with Crippen LogP contribution in [0.2, 0.25) is 10.0 Å². The van der Waals surface area contributed by atoms with Crippen LogP contribution in [0.5, 0.6) is 5.75 Å². The number of nitrogens with one attached hydrogen (secondary N) is 1. The van der Waals surface area contributed by atoms with Gasteiger partial charge in [-0.1, -0.05) is 87.5 Å². The Bertz CT molecular complexity index is 1130. The predicted octanol–water partition coefficient (Wildman–Crippen LogP) is 7.62. The number of nitrogens with zero attached hydrogens (tertiary/aromatic N) is 2. The number of phenols is 1. The molecule has 2 fully saturated rings. The zero-order valence-corrected chi connectivity index (χ0v) is 22.1. The predicted molar refractivity (Wildman–Crippen MR) is 148 cm³/mol. The highest BCUT2D eigenvalue weighted by Gasteiger charge is 2.50. The molecule has 180 valence electrons. The molecule has 1 spiro atoms. The molecule has 7 heteroatoms. The number of benzene rings is 2. The van der Waals surface area contributed by atoms with Crippen LogP contribution in [0.15, 0.2) is 53.5 Å². The van der Waals surface area contributed by atoms with Gasteiger partial charge in [0.15, 0.2) is 5.11 Å². The van der Waals surface area contributed by atoms with Crippen LogP contribution in [0.1, 0.15) is 58.4 Å². The molecule has 0 aromatic heterocycles. The van der Waals surface area contributed by atoms with Crippen molar-refractivity contribution in [2.45, 2.75) is 64.5 Å². The van der Waals surface area contributed by atoms with Crippen molar-refractivity contribution in [1.82, 2.24) is 5.32 Å². The van der Waals surface area contributed by atoms with Gasteiger partial charge in [0, 0.05) is 21.8 Å². The summed E-state index contributed by atoms with van der Waals surface area (Å²) in [5, 5.41) is 15.4. The standard InChI is InChI=1S/C27H31Cl2N3OS/c1-26(2,3)23(13-11-18-10-12-19(28)16-22(18)29)30-24-27(14-5-4-6-15-27)32(25(34)31-24)20-8-7-9-21(33)17-20/h7-13,16-17,23,33H,4-6,14-15H2,1-3H3,(H,30,31,34)/b13-11-. The number of hydrogen-bond acceptors (Lipinski definition) is 3. The molecule has 1 saturated carbocycles. The molecule has 1 atom stereocenters. The average molecular weight is 517 g/mol. The molecule has 4 nitrogen and oxygen atoms in total. The monoisotopic (exact) mass is 515 g/mol. The number of amidine groups is 1. The normalized spacial score (nSPS) is 20.3. The van der Waals surface area contributed by atoms with Gasteiger partial charge in [0.05, 0.1) is 6.04 Å². The molecule has 1 aliphatic carbocycles. The summed E-state index contributed by atoms with van der Waals surface area (Å²) >= 11 is 18.3. The fourth-order valence-corrected chi connectivity index (χ4v) is 5.66. The smallest absolute Gasteiger partial charge is 0.179 e. The van der Waals surface area contributed by atoms with E-state index < -0.39 is 0 Å². The van der Waals surface area contributed by atoms with Gasteiger partial charge >= 0.3 is 0 Å². The Morgan fingerprint density at radius 1 is 1.12 bits per heavy atom. The Balaban J connectivity index is 1.75. The van der Waals surface area contributed by atoms with Gasteiger partial charge in [0.2, 0.25) is 0 Å². The van der Waals surface area contributed by atoms with Crippen LogP contribution >= 0.6 is 35.4 Å². The first-order chi connectivity index (χ1) is 16.1. The van der Waals surface area contributed by atoms with Crippen molar-refractivity contribution in [2.24, 2.45) is 10.4 Å². The summed E-state index contributed by atoms with van der Waals surface area (Å²) < 4.78 is 0. The van der Waals surface area contributed by atoms with Crippen LogP contribution in [-0.4, -0.2) is 27.6 Å². The summed E-state index contributed by atoms with van der Waals surface area (Å²) in [4.78, 5) is 7.46. The van der Waals surface area contributed by atoms with E-state index in [2.05, 4.69) is 37.1 Å². The summed E-state index contributed by atoms with van der Waals surface area (Å²) in [6.07, 6.45) is 9.46. The molecule has 0 amide bonds. The minimum absolute atomic E-state index is 0.104. The molecule has 1 saturated heterocycles. The van der Waals surface area contributed by atoms with Crippen molar-refractivity contribution in [3.05, 3.63) is 64.1 Å². The van der Waals surface area contributed by atoms with Crippen LogP contribution in [0.4, 0.5) is 5.69 Å².